The number of rotatable bonds is 2. The topological polar surface area (TPSA) is 26.3 Å². The van der Waals surface area contributed by atoms with E-state index in [4.69, 9.17) is 12.6 Å². The maximum Gasteiger partial charge on any atom is 0.338 e. The molecule has 0 fully saturated rings. The molecule has 0 atom stereocenters. The van der Waals surface area contributed by atoms with Crippen molar-refractivity contribution in [2.45, 2.75) is 5.75 Å². The minimum absolute atomic E-state index is 0.324. The van der Waals surface area contributed by atoms with E-state index >= 15 is 0 Å². The second kappa shape index (κ2) is 4.16. The van der Waals surface area contributed by atoms with E-state index in [1.165, 1.54) is 7.11 Å². The van der Waals surface area contributed by atoms with Gasteiger partial charge in [0.25, 0.3) is 0 Å². The third kappa shape index (κ3) is 1.80. The number of hydrogen-bond acceptors (Lipinski definition) is 2. The molecule has 12 heavy (non-hydrogen) atoms. The molecule has 63 valence electrons. The van der Waals surface area contributed by atoms with Crippen LogP contribution in [0, 0.1) is 0 Å². The average molecular weight is 181 g/mol. The summed E-state index contributed by atoms with van der Waals surface area (Å²) in [6.45, 7) is 0. The highest BCUT2D eigenvalue weighted by Crippen LogP contribution is 2.11. The largest absolute Gasteiger partial charge is 0.465 e. The first kappa shape index (κ1) is 9.13. The number of hydrogen-bond donors (Lipinski definition) is 0. The summed E-state index contributed by atoms with van der Waals surface area (Å²) in [6.07, 6.45) is 0. The van der Waals surface area contributed by atoms with Crippen molar-refractivity contribution in [1.29, 1.82) is 0 Å². The standard InChI is InChI=1S/C9H9O2S/c1-11-9(10)8-5-3-2-4-7(8)6-12/h2-5H,6H2,1H3. The molecule has 0 heterocycles. The van der Waals surface area contributed by atoms with Crippen molar-refractivity contribution in [1.82, 2.24) is 0 Å². The predicted octanol–water partition coefficient (Wildman–Crippen LogP) is 2.17. The van der Waals surface area contributed by atoms with Gasteiger partial charge in [-0.1, -0.05) is 30.8 Å². The van der Waals surface area contributed by atoms with Crippen LogP contribution in [0.1, 0.15) is 15.9 Å². The van der Waals surface area contributed by atoms with E-state index in [9.17, 15) is 4.79 Å². The quantitative estimate of drug-likeness (QED) is 0.653. The molecular weight excluding hydrogens is 172 g/mol. The van der Waals surface area contributed by atoms with Gasteiger partial charge >= 0.3 is 5.97 Å². The Bertz CT molecular complexity index is 284. The summed E-state index contributed by atoms with van der Waals surface area (Å²) in [5.74, 6) is 0.112. The minimum Gasteiger partial charge on any atom is -0.465 e. The van der Waals surface area contributed by atoms with Crippen LogP contribution in [0.4, 0.5) is 0 Å². The van der Waals surface area contributed by atoms with E-state index < -0.39 is 0 Å². The van der Waals surface area contributed by atoms with E-state index in [-0.39, 0.29) is 5.97 Å². The lowest BCUT2D eigenvalue weighted by Crippen LogP contribution is -2.04. The summed E-state index contributed by atoms with van der Waals surface area (Å²) in [7, 11) is 1.36. The van der Waals surface area contributed by atoms with Gasteiger partial charge in [-0.05, 0) is 11.6 Å². The molecule has 0 aliphatic carbocycles. The highest BCUT2D eigenvalue weighted by Gasteiger charge is 2.08. The van der Waals surface area contributed by atoms with Gasteiger partial charge < -0.3 is 4.74 Å². The molecule has 3 heteroatoms. The van der Waals surface area contributed by atoms with E-state index in [1.807, 2.05) is 12.1 Å². The normalized spacial score (nSPS) is 9.50. The van der Waals surface area contributed by atoms with Crippen LogP contribution in [0.2, 0.25) is 0 Å². The maximum atomic E-state index is 11.1. The molecule has 0 saturated carbocycles. The first-order valence-electron chi connectivity index (χ1n) is 3.54. The fraction of sp³-hybridized carbons (Fsp3) is 0.222. The zero-order chi connectivity index (χ0) is 8.97. The average Bonchev–Trinajstić information content (AvgIpc) is 2.16. The number of carbonyl (C=O) groups is 1. The summed E-state index contributed by atoms with van der Waals surface area (Å²) in [4.78, 5) is 11.1. The van der Waals surface area contributed by atoms with Gasteiger partial charge in [0, 0.05) is 5.75 Å². The fourth-order valence-corrected chi connectivity index (χ4v) is 1.21. The van der Waals surface area contributed by atoms with E-state index in [0.29, 0.717) is 11.3 Å². The van der Waals surface area contributed by atoms with Crippen molar-refractivity contribution in [2.75, 3.05) is 7.11 Å². The summed E-state index contributed by atoms with van der Waals surface area (Å²) in [5, 5.41) is 0. The van der Waals surface area contributed by atoms with Gasteiger partial charge in [-0.3, -0.25) is 0 Å². The van der Waals surface area contributed by atoms with Gasteiger partial charge in [-0.25, -0.2) is 4.79 Å². The second-order valence-electron chi connectivity index (χ2n) is 2.29. The third-order valence-electron chi connectivity index (χ3n) is 1.58. The molecule has 2 nitrogen and oxygen atoms in total. The van der Waals surface area contributed by atoms with E-state index in [2.05, 4.69) is 4.74 Å². The fourth-order valence-electron chi connectivity index (χ4n) is 0.955. The van der Waals surface area contributed by atoms with Gasteiger partial charge in [0.2, 0.25) is 0 Å². The van der Waals surface area contributed by atoms with Crippen LogP contribution >= 0.6 is 12.6 Å². The molecule has 0 aliphatic heterocycles. The number of ether oxygens (including phenoxy) is 1. The Hall–Kier alpha value is -0.960. The molecule has 0 aromatic heterocycles. The zero-order valence-corrected chi connectivity index (χ0v) is 7.56. The molecule has 1 radical (unpaired) electrons. The molecule has 0 aliphatic rings. The van der Waals surface area contributed by atoms with E-state index in [1.54, 1.807) is 12.1 Å². The molecule has 0 unspecified atom stereocenters. The van der Waals surface area contributed by atoms with Crippen LogP contribution in [-0.2, 0) is 10.5 Å². The van der Waals surface area contributed by atoms with Crippen LogP contribution in [0.3, 0.4) is 0 Å². The molecule has 0 amide bonds. The Labute approximate surface area is 77.0 Å². The van der Waals surface area contributed by atoms with Gasteiger partial charge in [-0.2, -0.15) is 0 Å². The highest BCUT2D eigenvalue weighted by molar-refractivity contribution is 7.79. The van der Waals surface area contributed by atoms with Crippen LogP contribution in [0.25, 0.3) is 0 Å². The summed E-state index contributed by atoms with van der Waals surface area (Å²) >= 11 is 4.87. The first-order valence-corrected chi connectivity index (χ1v) is 4.11. The summed E-state index contributed by atoms with van der Waals surface area (Å²) in [6, 6.07) is 7.20. The smallest absolute Gasteiger partial charge is 0.338 e. The molecule has 1 aromatic rings. The lowest BCUT2D eigenvalue weighted by Gasteiger charge is -2.03. The Morgan fingerprint density at radius 1 is 1.50 bits per heavy atom. The Kier molecular flexibility index (Phi) is 3.17. The van der Waals surface area contributed by atoms with Gasteiger partial charge in [0.1, 0.15) is 0 Å². The molecule has 1 aromatic carbocycles. The van der Waals surface area contributed by atoms with Crippen molar-refractivity contribution in [3.05, 3.63) is 35.4 Å². The van der Waals surface area contributed by atoms with Crippen molar-refractivity contribution in [2.24, 2.45) is 0 Å². The van der Waals surface area contributed by atoms with Crippen LogP contribution in [0.5, 0.6) is 0 Å². The monoisotopic (exact) mass is 181 g/mol. The van der Waals surface area contributed by atoms with Crippen molar-refractivity contribution < 1.29 is 9.53 Å². The predicted molar refractivity (Wildman–Crippen MR) is 49.1 cm³/mol. The lowest BCUT2D eigenvalue weighted by molar-refractivity contribution is 0.0600. The Balaban J connectivity index is 3.04. The van der Waals surface area contributed by atoms with Crippen LogP contribution in [0.15, 0.2) is 24.3 Å². The SMILES string of the molecule is COC(=O)c1ccccc1C[S]. The molecule has 0 N–H and O–H groups in total. The zero-order valence-electron chi connectivity index (χ0n) is 6.74. The maximum absolute atomic E-state index is 11.1. The lowest BCUT2D eigenvalue weighted by atomic mass is 10.1. The van der Waals surface area contributed by atoms with Crippen LogP contribution < -0.4 is 0 Å². The first-order chi connectivity index (χ1) is 5.79. The third-order valence-corrected chi connectivity index (χ3v) is 1.89. The van der Waals surface area contributed by atoms with Crippen LogP contribution in [-0.4, -0.2) is 13.1 Å². The molecular formula is C9H9O2S. The van der Waals surface area contributed by atoms with Crippen molar-refractivity contribution in [3.63, 3.8) is 0 Å². The summed E-state index contributed by atoms with van der Waals surface area (Å²) < 4.78 is 4.59. The van der Waals surface area contributed by atoms with Crippen molar-refractivity contribution >= 4 is 18.6 Å². The Morgan fingerprint density at radius 3 is 2.75 bits per heavy atom. The number of methoxy groups -OCH3 is 1. The Morgan fingerprint density at radius 2 is 2.17 bits per heavy atom. The second-order valence-corrected chi connectivity index (χ2v) is 2.58. The highest BCUT2D eigenvalue weighted by atomic mass is 32.1. The number of benzene rings is 1. The summed E-state index contributed by atoms with van der Waals surface area (Å²) in [5.41, 5.74) is 1.41. The van der Waals surface area contributed by atoms with Gasteiger partial charge in [0.15, 0.2) is 0 Å². The molecule has 0 saturated heterocycles. The van der Waals surface area contributed by atoms with Crippen molar-refractivity contribution in [3.8, 4) is 0 Å². The molecule has 0 spiro atoms. The number of esters is 1. The van der Waals surface area contributed by atoms with Gasteiger partial charge in [0.05, 0.1) is 12.7 Å². The number of carbonyl (C=O) groups excluding carboxylic acids is 1. The van der Waals surface area contributed by atoms with E-state index in [0.717, 1.165) is 5.56 Å². The molecule has 0 bridgehead atoms. The molecule has 1 rings (SSSR count). The van der Waals surface area contributed by atoms with Gasteiger partial charge in [-0.15, -0.1) is 0 Å². The minimum atomic E-state index is -0.324.